The minimum atomic E-state index is -4.60. The fourth-order valence-corrected chi connectivity index (χ4v) is 7.17. The highest BCUT2D eigenvalue weighted by Crippen LogP contribution is 2.51. The van der Waals surface area contributed by atoms with Crippen molar-refractivity contribution in [2.75, 3.05) is 13.2 Å². The van der Waals surface area contributed by atoms with Crippen LogP contribution in [0.1, 0.15) is 67.8 Å². The first-order chi connectivity index (χ1) is 24.1. The number of rotatable bonds is 6. The summed E-state index contributed by atoms with van der Waals surface area (Å²) in [4.78, 5) is 35.7. The third-order valence-corrected chi connectivity index (χ3v) is 9.32. The fourth-order valence-electron chi connectivity index (χ4n) is 7.17. The number of halogens is 3. The first-order valence-electron chi connectivity index (χ1n) is 15.9. The van der Waals surface area contributed by atoms with Crippen molar-refractivity contribution in [2.45, 2.75) is 31.4 Å². The zero-order valence-corrected chi connectivity index (χ0v) is 26.7. The van der Waals surface area contributed by atoms with Crippen LogP contribution in [0.2, 0.25) is 0 Å². The lowest BCUT2D eigenvalue weighted by atomic mass is 9.68. The van der Waals surface area contributed by atoms with Gasteiger partial charge in [-0.05, 0) is 80.6 Å². The molecule has 2 unspecified atom stereocenters. The Morgan fingerprint density at radius 3 is 2.44 bits per heavy atom. The van der Waals surface area contributed by atoms with E-state index in [-0.39, 0.29) is 36.8 Å². The number of aliphatic hydroxyl groups excluding tert-OH is 1. The molecule has 0 aliphatic heterocycles. The molecular formula is C40H28F3N3O4. The van der Waals surface area contributed by atoms with Gasteiger partial charge in [0, 0.05) is 24.1 Å². The molecule has 1 aliphatic rings. The van der Waals surface area contributed by atoms with Gasteiger partial charge in [0.05, 0.1) is 35.4 Å². The van der Waals surface area contributed by atoms with Crippen LogP contribution in [0.15, 0.2) is 97.2 Å². The lowest BCUT2D eigenvalue weighted by Crippen LogP contribution is -2.26. The average molecular weight is 672 g/mol. The summed E-state index contributed by atoms with van der Waals surface area (Å²) in [7, 11) is 0. The first kappa shape index (κ1) is 32.6. The summed E-state index contributed by atoms with van der Waals surface area (Å²) < 4.78 is 46.8. The van der Waals surface area contributed by atoms with E-state index in [9.17, 15) is 33.1 Å². The number of aromatic nitrogens is 2. The van der Waals surface area contributed by atoms with Crippen molar-refractivity contribution in [1.29, 1.82) is 5.26 Å². The largest absolute Gasteiger partial charge is 0.457 e. The van der Waals surface area contributed by atoms with Crippen LogP contribution in [-0.2, 0) is 15.7 Å². The number of Topliss-reactive ketones (excluding diaryl/α,β-unsaturated/α-hetero) is 1. The molecule has 0 radical (unpaired) electrons. The fraction of sp³-hybridized carbons (Fsp3) is 0.175. The summed E-state index contributed by atoms with van der Waals surface area (Å²) in [5, 5.41) is 22.1. The number of carbonyl (C=O) groups excluding carboxylic acids is 2. The van der Waals surface area contributed by atoms with Crippen LogP contribution in [0.4, 0.5) is 13.2 Å². The van der Waals surface area contributed by atoms with E-state index in [1.807, 2.05) is 43.3 Å². The summed E-state index contributed by atoms with van der Waals surface area (Å²) in [5.74, 6) is -2.76. The number of benzene rings is 5. The Balaban J connectivity index is 1.59. The van der Waals surface area contributed by atoms with E-state index in [1.54, 1.807) is 36.4 Å². The highest BCUT2D eigenvalue weighted by atomic mass is 19.4. The van der Waals surface area contributed by atoms with Crippen molar-refractivity contribution < 1.29 is 32.6 Å². The number of carbonyl (C=O) groups is 2. The molecule has 1 N–H and O–H groups in total. The second-order valence-electron chi connectivity index (χ2n) is 12.2. The molecule has 0 fully saturated rings. The van der Waals surface area contributed by atoms with Crippen LogP contribution in [0.25, 0.3) is 32.8 Å². The number of alkyl halides is 3. The van der Waals surface area contributed by atoms with Crippen LogP contribution in [0.5, 0.6) is 0 Å². The highest BCUT2D eigenvalue weighted by molar-refractivity contribution is 6.18. The van der Waals surface area contributed by atoms with Gasteiger partial charge in [-0.25, -0.2) is 14.8 Å². The molecule has 7 nitrogen and oxygen atoms in total. The number of esters is 1. The lowest BCUT2D eigenvalue weighted by molar-refractivity contribution is -0.137. The second kappa shape index (κ2) is 12.8. The van der Waals surface area contributed by atoms with Gasteiger partial charge < -0.3 is 9.84 Å². The van der Waals surface area contributed by atoms with Crippen LogP contribution in [-0.4, -0.2) is 40.0 Å². The van der Waals surface area contributed by atoms with E-state index in [2.05, 4.69) is 16.0 Å². The van der Waals surface area contributed by atoms with Crippen LogP contribution in [0.3, 0.4) is 0 Å². The van der Waals surface area contributed by atoms with Gasteiger partial charge in [-0.15, -0.1) is 0 Å². The summed E-state index contributed by atoms with van der Waals surface area (Å²) in [6, 6.07) is 27.2. The van der Waals surface area contributed by atoms with Gasteiger partial charge in [-0.2, -0.15) is 18.4 Å². The molecule has 5 aromatic carbocycles. The number of hydrogen-bond acceptors (Lipinski definition) is 7. The predicted octanol–water partition coefficient (Wildman–Crippen LogP) is 8.03. The van der Waals surface area contributed by atoms with E-state index in [0.717, 1.165) is 50.4 Å². The summed E-state index contributed by atoms with van der Waals surface area (Å²) in [6.07, 6.45) is -3.16. The normalized spacial score (nSPS) is 15.9. The van der Waals surface area contributed by atoms with Gasteiger partial charge in [0.1, 0.15) is 12.4 Å². The van der Waals surface area contributed by atoms with E-state index in [1.165, 1.54) is 12.3 Å². The zero-order chi connectivity index (χ0) is 35.2. The molecule has 7 rings (SSSR count). The van der Waals surface area contributed by atoms with Gasteiger partial charge >= 0.3 is 12.1 Å². The standard InChI is InChI=1S/C40H28F3N3O4/c1-22-27-7-2-3-8-28(27)29-13-14-30-35(25-5-4-6-26(19-25)40(41,42)43)33(48)20-31(24-11-9-23(21-44)10-12-24)36(30)37(29)34(22)32-15-16-45-38(46-32)39(49)50-18-17-47/h2-16,19,31,35,47H,17-18,20H2,1H3. The second-order valence-corrected chi connectivity index (χ2v) is 12.2. The maximum absolute atomic E-state index is 14.2. The van der Waals surface area contributed by atoms with Crippen LogP contribution < -0.4 is 0 Å². The Morgan fingerprint density at radius 1 is 0.960 bits per heavy atom. The number of aryl methyl sites for hydroxylation is 1. The van der Waals surface area contributed by atoms with Gasteiger partial charge in [-0.1, -0.05) is 66.7 Å². The highest BCUT2D eigenvalue weighted by Gasteiger charge is 2.39. The number of nitriles is 1. The van der Waals surface area contributed by atoms with Gasteiger partial charge in [0.2, 0.25) is 5.82 Å². The van der Waals surface area contributed by atoms with Crippen LogP contribution >= 0.6 is 0 Å². The van der Waals surface area contributed by atoms with Crippen molar-refractivity contribution in [1.82, 2.24) is 9.97 Å². The van der Waals surface area contributed by atoms with Crippen molar-refractivity contribution in [3.05, 3.63) is 142 Å². The SMILES string of the molecule is Cc1c(-c2ccnc(C(=O)OCCO)n2)c2c3c(ccc2c2ccccc12)C(c1cccc(C(F)(F)F)c1)C(=O)CC3c1ccc(C#N)cc1. The Bertz CT molecular complexity index is 2360. The molecular weight excluding hydrogens is 643 g/mol. The van der Waals surface area contributed by atoms with E-state index in [4.69, 9.17) is 4.74 Å². The Kier molecular flexibility index (Phi) is 8.38. The maximum atomic E-state index is 14.2. The smallest absolute Gasteiger partial charge is 0.416 e. The Hall–Kier alpha value is -5.92. The number of fused-ring (bicyclic) bond motifs is 5. The van der Waals surface area contributed by atoms with Crippen molar-refractivity contribution in [3.63, 3.8) is 0 Å². The molecule has 1 aromatic heterocycles. The molecule has 0 spiro atoms. The monoisotopic (exact) mass is 671 g/mol. The lowest BCUT2D eigenvalue weighted by Gasteiger charge is -2.34. The van der Waals surface area contributed by atoms with Crippen LogP contribution in [0, 0.1) is 18.3 Å². The third-order valence-electron chi connectivity index (χ3n) is 9.32. The number of nitrogens with zero attached hydrogens (tertiary/aromatic N) is 3. The molecule has 10 heteroatoms. The zero-order valence-electron chi connectivity index (χ0n) is 26.7. The van der Waals surface area contributed by atoms with Gasteiger partial charge in [0.15, 0.2) is 0 Å². The maximum Gasteiger partial charge on any atom is 0.416 e. The first-order valence-corrected chi connectivity index (χ1v) is 15.9. The third kappa shape index (κ3) is 5.65. The van der Waals surface area contributed by atoms with Crippen molar-refractivity contribution >= 4 is 33.3 Å². The predicted molar refractivity (Wildman–Crippen MR) is 180 cm³/mol. The summed E-state index contributed by atoms with van der Waals surface area (Å²) >= 11 is 0. The molecule has 248 valence electrons. The number of hydrogen-bond donors (Lipinski definition) is 1. The molecule has 2 atom stereocenters. The van der Waals surface area contributed by atoms with E-state index in [0.29, 0.717) is 22.4 Å². The Labute approximate surface area is 284 Å². The summed E-state index contributed by atoms with van der Waals surface area (Å²) in [5.41, 5.74) is 3.83. The average Bonchev–Trinajstić information content (AvgIpc) is 3.13. The Morgan fingerprint density at radius 2 is 1.72 bits per heavy atom. The van der Waals surface area contributed by atoms with Crippen molar-refractivity contribution in [3.8, 4) is 17.3 Å². The molecule has 1 aliphatic carbocycles. The van der Waals surface area contributed by atoms with Crippen molar-refractivity contribution in [2.24, 2.45) is 0 Å². The molecule has 6 aromatic rings. The van der Waals surface area contributed by atoms with E-state index < -0.39 is 29.5 Å². The quantitative estimate of drug-likeness (QED) is 0.141. The number of ether oxygens (including phenoxy) is 1. The van der Waals surface area contributed by atoms with E-state index >= 15 is 0 Å². The minimum absolute atomic E-state index is 0.00719. The molecule has 1 heterocycles. The van der Waals surface area contributed by atoms with Gasteiger partial charge in [-0.3, -0.25) is 4.79 Å². The number of aliphatic hydroxyl groups is 1. The molecule has 0 saturated carbocycles. The topological polar surface area (TPSA) is 113 Å². The van der Waals surface area contributed by atoms with Gasteiger partial charge in [0.25, 0.3) is 0 Å². The molecule has 0 bridgehead atoms. The number of ketones is 1. The summed E-state index contributed by atoms with van der Waals surface area (Å²) in [6.45, 7) is 1.35. The minimum Gasteiger partial charge on any atom is -0.457 e. The molecule has 0 saturated heterocycles. The molecule has 50 heavy (non-hydrogen) atoms. The molecule has 0 amide bonds.